The Kier molecular flexibility index (Phi) is 6.06. The Bertz CT molecular complexity index is 760. The van der Waals surface area contributed by atoms with Gasteiger partial charge in [-0.2, -0.15) is 43.9 Å². The standard InChI is InChI=1S/C18H17F11O2/c1-9(2)8-31-11-5-3-10(4-6-11)12(30)7-13(19)14(20,21)16(24,25)18(28,29)17(26,27)15(13,22)23/h3-6,9,12,30H,7-8H2,1-2H3. The van der Waals surface area contributed by atoms with Gasteiger partial charge in [0.05, 0.1) is 12.7 Å². The second-order valence-corrected chi connectivity index (χ2v) is 7.67. The topological polar surface area (TPSA) is 29.5 Å². The first-order chi connectivity index (χ1) is 13.8. The van der Waals surface area contributed by atoms with E-state index >= 15 is 0 Å². The third-order valence-electron chi connectivity index (χ3n) is 4.90. The summed E-state index contributed by atoms with van der Waals surface area (Å²) in [6.07, 6.45) is -5.47. The van der Waals surface area contributed by atoms with E-state index in [0.29, 0.717) is 0 Å². The molecule has 1 aromatic carbocycles. The highest BCUT2D eigenvalue weighted by atomic mass is 19.4. The lowest BCUT2D eigenvalue weighted by Crippen LogP contribution is -2.83. The molecule has 0 aliphatic heterocycles. The van der Waals surface area contributed by atoms with Gasteiger partial charge < -0.3 is 9.84 Å². The number of rotatable bonds is 6. The van der Waals surface area contributed by atoms with Crippen molar-refractivity contribution in [2.45, 2.75) is 61.7 Å². The fraction of sp³-hybridized carbons (Fsp3) is 0.667. The van der Waals surface area contributed by atoms with Gasteiger partial charge >= 0.3 is 29.6 Å². The summed E-state index contributed by atoms with van der Waals surface area (Å²) in [4.78, 5) is 0. The predicted octanol–water partition coefficient (Wildman–Crippen LogP) is 6.04. The minimum Gasteiger partial charge on any atom is -0.493 e. The maximum atomic E-state index is 14.7. The Labute approximate surface area is 169 Å². The third kappa shape index (κ3) is 3.34. The number of ether oxygens (including phenoxy) is 1. The van der Waals surface area contributed by atoms with Crippen LogP contribution < -0.4 is 4.74 Å². The van der Waals surface area contributed by atoms with E-state index in [1.165, 1.54) is 0 Å². The number of aliphatic hydroxyl groups is 1. The lowest BCUT2D eigenvalue weighted by molar-refractivity contribution is -0.487. The normalized spacial score (nSPS) is 25.8. The van der Waals surface area contributed by atoms with Crippen LogP contribution in [0.2, 0.25) is 0 Å². The smallest absolute Gasteiger partial charge is 0.384 e. The van der Waals surface area contributed by atoms with Crippen LogP contribution in [-0.2, 0) is 0 Å². The van der Waals surface area contributed by atoms with Crippen LogP contribution in [0.5, 0.6) is 5.75 Å². The van der Waals surface area contributed by atoms with E-state index in [1.54, 1.807) is 13.8 Å². The number of hydrogen-bond acceptors (Lipinski definition) is 2. The molecule has 1 atom stereocenters. The molecule has 2 nitrogen and oxygen atoms in total. The molecule has 0 amide bonds. The first-order valence-corrected chi connectivity index (χ1v) is 8.76. The van der Waals surface area contributed by atoms with Crippen molar-refractivity contribution in [3.05, 3.63) is 29.8 Å². The van der Waals surface area contributed by atoms with Gasteiger partial charge in [-0.05, 0) is 23.6 Å². The van der Waals surface area contributed by atoms with Crippen LogP contribution in [0.1, 0.15) is 31.9 Å². The molecular formula is C18H17F11O2. The molecule has 0 aromatic heterocycles. The fourth-order valence-corrected chi connectivity index (χ4v) is 2.98. The van der Waals surface area contributed by atoms with Gasteiger partial charge in [0.25, 0.3) is 5.67 Å². The van der Waals surface area contributed by atoms with Crippen molar-refractivity contribution in [3.63, 3.8) is 0 Å². The zero-order chi connectivity index (χ0) is 24.3. The average Bonchev–Trinajstić information content (AvgIpc) is 2.64. The fourth-order valence-electron chi connectivity index (χ4n) is 2.98. The zero-order valence-corrected chi connectivity index (χ0v) is 15.9. The summed E-state index contributed by atoms with van der Waals surface area (Å²) in [5, 5.41) is 9.86. The molecule has 0 heterocycles. The van der Waals surface area contributed by atoms with Crippen molar-refractivity contribution in [2.24, 2.45) is 5.92 Å². The van der Waals surface area contributed by atoms with E-state index < -0.39 is 53.4 Å². The van der Waals surface area contributed by atoms with Crippen molar-refractivity contribution in [1.82, 2.24) is 0 Å². The van der Waals surface area contributed by atoms with Gasteiger partial charge in [0.2, 0.25) is 0 Å². The highest BCUT2D eigenvalue weighted by Gasteiger charge is 3.00. The molecule has 1 N–H and O–H groups in total. The van der Waals surface area contributed by atoms with Gasteiger partial charge in [0, 0.05) is 6.42 Å². The van der Waals surface area contributed by atoms with Crippen molar-refractivity contribution < 1.29 is 58.1 Å². The van der Waals surface area contributed by atoms with Crippen molar-refractivity contribution in [2.75, 3.05) is 6.61 Å². The SMILES string of the molecule is CC(C)COc1ccc(C(O)CC2(F)C(F)(F)C(F)(F)C(F)(F)C(F)(F)C2(F)F)cc1. The van der Waals surface area contributed by atoms with E-state index in [4.69, 9.17) is 4.74 Å². The van der Waals surface area contributed by atoms with E-state index in [2.05, 4.69) is 0 Å². The molecule has 1 aliphatic rings. The molecule has 0 spiro atoms. The van der Waals surface area contributed by atoms with Crippen LogP contribution in [-0.4, -0.2) is 47.0 Å². The maximum Gasteiger partial charge on any atom is 0.384 e. The first kappa shape index (κ1) is 25.5. The molecule has 1 fully saturated rings. The molecular weight excluding hydrogens is 457 g/mol. The monoisotopic (exact) mass is 474 g/mol. The summed E-state index contributed by atoms with van der Waals surface area (Å²) in [6.45, 7) is 3.79. The maximum absolute atomic E-state index is 14.7. The molecule has 1 aliphatic carbocycles. The summed E-state index contributed by atoms with van der Waals surface area (Å²) in [6, 6.07) is 3.88. The van der Waals surface area contributed by atoms with Crippen LogP contribution in [0, 0.1) is 5.92 Å². The van der Waals surface area contributed by atoms with Crippen LogP contribution >= 0.6 is 0 Å². The number of halogens is 11. The summed E-state index contributed by atoms with van der Waals surface area (Å²) < 4.78 is 156. The van der Waals surface area contributed by atoms with Gasteiger partial charge in [0.15, 0.2) is 0 Å². The van der Waals surface area contributed by atoms with Gasteiger partial charge in [-0.3, -0.25) is 0 Å². The summed E-state index contributed by atoms with van der Waals surface area (Å²) in [5.74, 6) is -35.4. The lowest BCUT2D eigenvalue weighted by atomic mass is 9.69. The predicted molar refractivity (Wildman–Crippen MR) is 84.9 cm³/mol. The Morgan fingerprint density at radius 1 is 0.710 bits per heavy atom. The van der Waals surface area contributed by atoms with E-state index in [9.17, 15) is 53.4 Å². The largest absolute Gasteiger partial charge is 0.493 e. The molecule has 13 heteroatoms. The second kappa shape index (κ2) is 7.38. The molecule has 0 bridgehead atoms. The van der Waals surface area contributed by atoms with E-state index in [-0.39, 0.29) is 18.3 Å². The van der Waals surface area contributed by atoms with Crippen molar-refractivity contribution in [3.8, 4) is 5.75 Å². The molecule has 178 valence electrons. The lowest BCUT2D eigenvalue weighted by Gasteiger charge is -2.52. The summed E-state index contributed by atoms with van der Waals surface area (Å²) in [7, 11) is 0. The average molecular weight is 474 g/mol. The Hall–Kier alpha value is -1.79. The highest BCUT2D eigenvalue weighted by molar-refractivity contribution is 5.31. The summed E-state index contributed by atoms with van der Waals surface area (Å²) in [5.41, 5.74) is -6.83. The third-order valence-corrected chi connectivity index (χ3v) is 4.90. The van der Waals surface area contributed by atoms with Gasteiger partial charge in [0.1, 0.15) is 5.75 Å². The van der Waals surface area contributed by atoms with E-state index in [0.717, 1.165) is 24.3 Å². The Morgan fingerprint density at radius 3 is 1.48 bits per heavy atom. The number of alkyl halides is 11. The highest BCUT2D eigenvalue weighted by Crippen LogP contribution is 2.70. The van der Waals surface area contributed by atoms with Crippen molar-refractivity contribution >= 4 is 0 Å². The molecule has 31 heavy (non-hydrogen) atoms. The number of aliphatic hydroxyl groups excluding tert-OH is 1. The molecule has 1 saturated carbocycles. The summed E-state index contributed by atoms with van der Waals surface area (Å²) >= 11 is 0. The van der Waals surface area contributed by atoms with Crippen molar-refractivity contribution in [1.29, 1.82) is 0 Å². The van der Waals surface area contributed by atoms with Crippen LogP contribution in [0.25, 0.3) is 0 Å². The number of benzene rings is 1. The quantitative estimate of drug-likeness (QED) is 0.510. The second-order valence-electron chi connectivity index (χ2n) is 7.67. The Balaban J connectivity index is 2.43. The molecule has 1 unspecified atom stereocenters. The van der Waals surface area contributed by atoms with Crippen LogP contribution in [0.3, 0.4) is 0 Å². The van der Waals surface area contributed by atoms with Crippen LogP contribution in [0.4, 0.5) is 48.3 Å². The molecule has 1 aromatic rings. The molecule has 2 rings (SSSR count). The molecule has 0 radical (unpaired) electrons. The van der Waals surface area contributed by atoms with E-state index in [1.807, 2.05) is 0 Å². The minimum atomic E-state index is -7.27. The first-order valence-electron chi connectivity index (χ1n) is 8.76. The van der Waals surface area contributed by atoms with Gasteiger partial charge in [-0.1, -0.05) is 26.0 Å². The van der Waals surface area contributed by atoms with Gasteiger partial charge in [-0.25, -0.2) is 4.39 Å². The van der Waals surface area contributed by atoms with Crippen LogP contribution in [0.15, 0.2) is 24.3 Å². The molecule has 0 saturated heterocycles. The minimum absolute atomic E-state index is 0.0777. The zero-order valence-electron chi connectivity index (χ0n) is 15.9. The van der Waals surface area contributed by atoms with Gasteiger partial charge in [-0.15, -0.1) is 0 Å². The number of hydrogen-bond donors (Lipinski definition) is 1. The Morgan fingerprint density at radius 2 is 1.10 bits per heavy atom.